The topological polar surface area (TPSA) is 133 Å². The number of para-hydroxylation sites is 1. The summed E-state index contributed by atoms with van der Waals surface area (Å²) in [6, 6.07) is 21.4. The number of amides is 2. The van der Waals surface area contributed by atoms with Gasteiger partial charge in [0.2, 0.25) is 0 Å². The first-order valence-electron chi connectivity index (χ1n) is 14.8. The molecule has 1 N–H and O–H groups in total. The fourth-order valence-electron chi connectivity index (χ4n) is 5.32. The van der Waals surface area contributed by atoms with Gasteiger partial charge in [-0.2, -0.15) is 5.10 Å². The van der Waals surface area contributed by atoms with Crippen LogP contribution >= 0.6 is 11.8 Å². The molecule has 0 radical (unpaired) electrons. The number of benzene rings is 3. The molecule has 246 valence electrons. The molecule has 0 spiro atoms. The third-order valence-corrected chi connectivity index (χ3v) is 8.56. The minimum atomic E-state index is -0.484. The summed E-state index contributed by atoms with van der Waals surface area (Å²) in [6.07, 6.45) is 1.83. The molecule has 0 saturated heterocycles. The highest BCUT2D eigenvalue weighted by atomic mass is 32.2. The maximum absolute atomic E-state index is 14.0. The second kappa shape index (κ2) is 14.4. The number of halogens is 1. The lowest BCUT2D eigenvalue weighted by Gasteiger charge is -2.24. The van der Waals surface area contributed by atoms with Crippen molar-refractivity contribution < 1.29 is 32.6 Å². The summed E-state index contributed by atoms with van der Waals surface area (Å²) >= 11 is 1.14. The average Bonchev–Trinajstić information content (AvgIpc) is 3.90. The molecule has 2 amide bonds. The Kier molecular flexibility index (Phi) is 9.71. The van der Waals surface area contributed by atoms with Crippen molar-refractivity contribution in [3.8, 4) is 22.9 Å². The van der Waals surface area contributed by atoms with E-state index in [1.54, 1.807) is 56.2 Å². The van der Waals surface area contributed by atoms with Gasteiger partial charge in [-0.25, -0.2) is 9.40 Å². The normalized spacial score (nSPS) is 14.0. The number of furan rings is 1. The fourth-order valence-corrected chi connectivity index (χ4v) is 6.14. The van der Waals surface area contributed by atoms with E-state index in [9.17, 15) is 14.0 Å². The first kappa shape index (κ1) is 32.3. The van der Waals surface area contributed by atoms with Gasteiger partial charge >= 0.3 is 0 Å². The van der Waals surface area contributed by atoms with E-state index in [2.05, 4.69) is 15.5 Å². The molecule has 1 atom stereocenters. The quantitative estimate of drug-likeness (QED) is 0.173. The predicted molar refractivity (Wildman–Crippen MR) is 175 cm³/mol. The number of hydrazone groups is 1. The van der Waals surface area contributed by atoms with Crippen LogP contribution in [0.3, 0.4) is 0 Å². The Hall–Kier alpha value is -5.63. The lowest BCUT2D eigenvalue weighted by atomic mass is 9.97. The third-order valence-electron chi connectivity index (χ3n) is 7.64. The summed E-state index contributed by atoms with van der Waals surface area (Å²) in [4.78, 5) is 26.5. The minimum absolute atomic E-state index is 0.00222. The van der Waals surface area contributed by atoms with E-state index < -0.39 is 17.8 Å². The van der Waals surface area contributed by atoms with E-state index in [-0.39, 0.29) is 24.0 Å². The minimum Gasteiger partial charge on any atom is -0.497 e. The highest BCUT2D eigenvalue weighted by molar-refractivity contribution is 7.99. The number of hydrogen-bond acceptors (Lipinski definition) is 10. The highest BCUT2D eigenvalue weighted by Gasteiger charge is 2.36. The average molecular weight is 671 g/mol. The van der Waals surface area contributed by atoms with Crippen LogP contribution in [0.4, 0.5) is 4.39 Å². The Labute approximate surface area is 279 Å². The highest BCUT2D eigenvalue weighted by Crippen LogP contribution is 2.42. The van der Waals surface area contributed by atoms with E-state index in [0.29, 0.717) is 40.3 Å². The monoisotopic (exact) mass is 670 g/mol. The lowest BCUT2D eigenvalue weighted by Crippen LogP contribution is -2.29. The fraction of sp³-hybridized carbons (Fsp3) is 0.206. The first-order chi connectivity index (χ1) is 23.4. The SMILES string of the molecule is COc1ccc(C2=NN(C(=O)CSc3nnc(CNC(=O)c4ccco4)n3-c3ccc(F)cc3)[C@@H](c3cccc(OC)c3OC)C2)cc1. The summed E-state index contributed by atoms with van der Waals surface area (Å²) in [6.45, 7) is -0.00222. The van der Waals surface area contributed by atoms with Crippen molar-refractivity contribution in [1.29, 1.82) is 0 Å². The first-order valence-corrected chi connectivity index (χ1v) is 15.8. The number of nitrogens with one attached hydrogen (secondary N) is 1. The largest absolute Gasteiger partial charge is 0.497 e. The summed E-state index contributed by atoms with van der Waals surface area (Å²) in [5.41, 5.74) is 2.86. The van der Waals surface area contributed by atoms with E-state index in [0.717, 1.165) is 28.6 Å². The number of methoxy groups -OCH3 is 3. The Balaban J connectivity index is 1.28. The Bertz CT molecular complexity index is 1930. The van der Waals surface area contributed by atoms with Gasteiger partial charge in [0.15, 0.2) is 28.2 Å². The van der Waals surface area contributed by atoms with E-state index in [1.165, 1.54) is 23.4 Å². The van der Waals surface area contributed by atoms with Crippen molar-refractivity contribution in [3.05, 3.63) is 114 Å². The molecule has 1 aliphatic rings. The van der Waals surface area contributed by atoms with Crippen LogP contribution < -0.4 is 19.5 Å². The van der Waals surface area contributed by atoms with E-state index in [4.69, 9.17) is 23.7 Å². The van der Waals surface area contributed by atoms with Crippen LogP contribution in [-0.4, -0.2) is 64.4 Å². The van der Waals surface area contributed by atoms with Crippen molar-refractivity contribution in [2.75, 3.05) is 27.1 Å². The zero-order valence-corrected chi connectivity index (χ0v) is 27.1. The summed E-state index contributed by atoms with van der Waals surface area (Å²) < 4.78 is 37.3. The van der Waals surface area contributed by atoms with Gasteiger partial charge in [-0.3, -0.25) is 14.2 Å². The number of nitrogens with zero attached hydrogens (tertiary/aromatic N) is 5. The molecule has 0 unspecified atom stereocenters. The lowest BCUT2D eigenvalue weighted by molar-refractivity contribution is -0.130. The van der Waals surface area contributed by atoms with Crippen LogP contribution in [0.1, 0.15) is 40.0 Å². The number of carbonyl (C=O) groups excluding carboxylic acids is 2. The molecule has 1 aliphatic heterocycles. The predicted octanol–water partition coefficient (Wildman–Crippen LogP) is 5.43. The smallest absolute Gasteiger partial charge is 0.287 e. The van der Waals surface area contributed by atoms with Crippen molar-refractivity contribution in [2.24, 2.45) is 5.10 Å². The van der Waals surface area contributed by atoms with Gasteiger partial charge in [-0.15, -0.1) is 10.2 Å². The van der Waals surface area contributed by atoms with Gasteiger partial charge in [0, 0.05) is 17.7 Å². The molecule has 12 nitrogen and oxygen atoms in total. The Morgan fingerprint density at radius 3 is 2.44 bits per heavy atom. The molecule has 2 aromatic heterocycles. The van der Waals surface area contributed by atoms with Crippen LogP contribution in [0.5, 0.6) is 17.2 Å². The van der Waals surface area contributed by atoms with Crippen LogP contribution in [0.25, 0.3) is 5.69 Å². The van der Waals surface area contributed by atoms with Crippen molar-refractivity contribution >= 4 is 29.3 Å². The van der Waals surface area contributed by atoms with E-state index in [1.807, 2.05) is 36.4 Å². The standard InChI is InChI=1S/C34H31FN6O6S/c1-44-24-15-9-21(10-16-24)26-18-27(25-6-4-7-28(45-2)32(25)46-3)41(39-26)31(42)20-48-34-38-37-30(19-36-33(43)29-8-5-17-47-29)40(34)23-13-11-22(35)12-14-23/h4-17,27H,18-20H2,1-3H3,(H,36,43)/t27-/m1/s1. The van der Waals surface area contributed by atoms with Crippen LogP contribution in [0, 0.1) is 5.82 Å². The molecule has 14 heteroatoms. The van der Waals surface area contributed by atoms with Crippen molar-refractivity contribution in [2.45, 2.75) is 24.2 Å². The van der Waals surface area contributed by atoms with Gasteiger partial charge in [0.05, 0.1) is 51.6 Å². The maximum Gasteiger partial charge on any atom is 0.287 e. The number of rotatable bonds is 12. The van der Waals surface area contributed by atoms with Gasteiger partial charge in [-0.1, -0.05) is 23.9 Å². The second-order valence-corrected chi connectivity index (χ2v) is 11.4. The Morgan fingerprint density at radius 1 is 0.958 bits per heavy atom. The molecule has 48 heavy (non-hydrogen) atoms. The van der Waals surface area contributed by atoms with Gasteiger partial charge in [0.1, 0.15) is 11.6 Å². The molecule has 0 aliphatic carbocycles. The summed E-state index contributed by atoms with van der Waals surface area (Å²) in [5, 5.41) is 18.0. The van der Waals surface area contributed by atoms with Crippen molar-refractivity contribution in [1.82, 2.24) is 25.1 Å². The zero-order valence-electron chi connectivity index (χ0n) is 26.3. The second-order valence-electron chi connectivity index (χ2n) is 10.5. The molecular weight excluding hydrogens is 639 g/mol. The summed E-state index contributed by atoms with van der Waals surface area (Å²) in [5.74, 6) is 1.08. The molecule has 3 aromatic carbocycles. The third kappa shape index (κ3) is 6.74. The van der Waals surface area contributed by atoms with Crippen molar-refractivity contribution in [3.63, 3.8) is 0 Å². The molecule has 0 saturated carbocycles. The number of thioether (sulfide) groups is 1. The number of aromatic nitrogens is 3. The number of carbonyl (C=O) groups is 2. The van der Waals surface area contributed by atoms with Gasteiger partial charge in [-0.05, 0) is 72.3 Å². The molecular formula is C34H31FN6O6S. The van der Waals surface area contributed by atoms with Crippen LogP contribution in [0.2, 0.25) is 0 Å². The van der Waals surface area contributed by atoms with Crippen LogP contribution in [-0.2, 0) is 11.3 Å². The van der Waals surface area contributed by atoms with Gasteiger partial charge in [0.25, 0.3) is 11.8 Å². The molecule has 0 fully saturated rings. The maximum atomic E-state index is 14.0. The van der Waals surface area contributed by atoms with E-state index >= 15 is 0 Å². The molecule has 5 aromatic rings. The molecule has 6 rings (SSSR count). The Morgan fingerprint density at radius 2 is 1.75 bits per heavy atom. The zero-order chi connectivity index (χ0) is 33.6. The molecule has 0 bridgehead atoms. The molecule has 3 heterocycles. The van der Waals surface area contributed by atoms with Gasteiger partial charge < -0.3 is 23.9 Å². The van der Waals surface area contributed by atoms with Crippen LogP contribution in [0.15, 0.2) is 99.8 Å². The summed E-state index contributed by atoms with van der Waals surface area (Å²) in [7, 11) is 4.71. The number of ether oxygens (including phenoxy) is 3. The number of hydrogen-bond donors (Lipinski definition) is 1.